The molecule has 82 valence electrons. The Morgan fingerprint density at radius 1 is 1.53 bits per heavy atom. The molecule has 2 rings (SSSR count). The number of halogens is 1. The molecule has 1 fully saturated rings. The lowest BCUT2D eigenvalue weighted by atomic mass is 10.1. The standard InChI is InChI=1S/C10H15ClN4/c1-3-15-4-8(5-15)14-10-7(2)9(11)12-6-13-10/h6,8H,3-5H2,1-2H3,(H,12,13,14). The van der Waals surface area contributed by atoms with Gasteiger partial charge in [-0.3, -0.25) is 4.90 Å². The second-order valence-corrected chi connectivity index (χ2v) is 4.19. The van der Waals surface area contributed by atoms with E-state index in [9.17, 15) is 0 Å². The predicted molar refractivity (Wildman–Crippen MR) is 61.3 cm³/mol. The van der Waals surface area contributed by atoms with Crippen LogP contribution in [0, 0.1) is 6.92 Å². The number of aromatic nitrogens is 2. The first kappa shape index (κ1) is 10.6. The van der Waals surface area contributed by atoms with Gasteiger partial charge in [-0.25, -0.2) is 9.97 Å². The summed E-state index contributed by atoms with van der Waals surface area (Å²) in [6.07, 6.45) is 1.49. The number of rotatable bonds is 3. The van der Waals surface area contributed by atoms with Crippen LogP contribution in [-0.2, 0) is 0 Å². The highest BCUT2D eigenvalue weighted by Gasteiger charge is 2.25. The van der Waals surface area contributed by atoms with Crippen LogP contribution >= 0.6 is 11.6 Å². The van der Waals surface area contributed by atoms with Gasteiger partial charge in [0.1, 0.15) is 17.3 Å². The van der Waals surface area contributed by atoms with Crippen LogP contribution in [0.4, 0.5) is 5.82 Å². The summed E-state index contributed by atoms with van der Waals surface area (Å²) >= 11 is 5.91. The molecule has 0 spiro atoms. The maximum absolute atomic E-state index is 5.91. The van der Waals surface area contributed by atoms with Crippen molar-refractivity contribution in [3.8, 4) is 0 Å². The van der Waals surface area contributed by atoms with Crippen molar-refractivity contribution in [1.82, 2.24) is 14.9 Å². The number of nitrogens with zero attached hydrogens (tertiary/aromatic N) is 3. The lowest BCUT2D eigenvalue weighted by Crippen LogP contribution is -2.54. The Bertz CT molecular complexity index is 349. The van der Waals surface area contributed by atoms with Gasteiger partial charge in [0.15, 0.2) is 0 Å². The minimum atomic E-state index is 0.495. The Labute approximate surface area is 94.7 Å². The number of hydrogen-bond donors (Lipinski definition) is 1. The van der Waals surface area contributed by atoms with E-state index >= 15 is 0 Å². The van der Waals surface area contributed by atoms with E-state index in [1.54, 1.807) is 0 Å². The van der Waals surface area contributed by atoms with Crippen molar-refractivity contribution in [3.63, 3.8) is 0 Å². The maximum atomic E-state index is 5.91. The van der Waals surface area contributed by atoms with Gasteiger partial charge >= 0.3 is 0 Å². The number of anilines is 1. The van der Waals surface area contributed by atoms with Gasteiger partial charge in [-0.1, -0.05) is 18.5 Å². The lowest BCUT2D eigenvalue weighted by molar-refractivity contribution is 0.171. The number of likely N-dealkylation sites (tertiary alicyclic amines) is 1. The molecule has 1 aromatic rings. The molecule has 0 saturated carbocycles. The lowest BCUT2D eigenvalue weighted by Gasteiger charge is -2.39. The Morgan fingerprint density at radius 3 is 2.93 bits per heavy atom. The van der Waals surface area contributed by atoms with E-state index in [2.05, 4.69) is 27.1 Å². The van der Waals surface area contributed by atoms with Gasteiger partial charge in [0, 0.05) is 18.7 Å². The van der Waals surface area contributed by atoms with Gasteiger partial charge in [0.05, 0.1) is 6.04 Å². The molecule has 0 radical (unpaired) electrons. The molecule has 1 saturated heterocycles. The smallest absolute Gasteiger partial charge is 0.137 e. The fourth-order valence-corrected chi connectivity index (χ4v) is 1.82. The van der Waals surface area contributed by atoms with Crippen LogP contribution in [0.1, 0.15) is 12.5 Å². The summed E-state index contributed by atoms with van der Waals surface area (Å²) < 4.78 is 0. The minimum absolute atomic E-state index is 0.495. The molecule has 1 N–H and O–H groups in total. The second kappa shape index (κ2) is 4.33. The SMILES string of the molecule is CCN1CC(Nc2ncnc(Cl)c2C)C1. The van der Waals surface area contributed by atoms with Crippen LogP contribution in [0.15, 0.2) is 6.33 Å². The molecule has 0 amide bonds. The van der Waals surface area contributed by atoms with E-state index in [0.29, 0.717) is 11.2 Å². The van der Waals surface area contributed by atoms with Gasteiger partial charge in [0.2, 0.25) is 0 Å². The Hall–Kier alpha value is -0.870. The zero-order chi connectivity index (χ0) is 10.8. The molecule has 0 atom stereocenters. The number of nitrogens with one attached hydrogen (secondary N) is 1. The first-order chi connectivity index (χ1) is 7.20. The fourth-order valence-electron chi connectivity index (χ4n) is 1.69. The molecule has 2 heterocycles. The van der Waals surface area contributed by atoms with Crippen LogP contribution in [0.5, 0.6) is 0 Å². The first-order valence-corrected chi connectivity index (χ1v) is 5.54. The van der Waals surface area contributed by atoms with E-state index in [0.717, 1.165) is 31.0 Å². The third kappa shape index (κ3) is 2.21. The van der Waals surface area contributed by atoms with Gasteiger partial charge in [-0.15, -0.1) is 0 Å². The van der Waals surface area contributed by atoms with Crippen molar-refractivity contribution in [1.29, 1.82) is 0 Å². The van der Waals surface area contributed by atoms with Gasteiger partial charge in [-0.05, 0) is 13.5 Å². The van der Waals surface area contributed by atoms with Crippen molar-refractivity contribution < 1.29 is 0 Å². The molecule has 0 unspecified atom stereocenters. The molecule has 5 heteroatoms. The van der Waals surface area contributed by atoms with Gasteiger partial charge in [0.25, 0.3) is 0 Å². The van der Waals surface area contributed by atoms with Gasteiger partial charge in [-0.2, -0.15) is 0 Å². The molecule has 1 aliphatic heterocycles. The molecule has 1 aliphatic rings. The van der Waals surface area contributed by atoms with Crippen molar-refractivity contribution in [2.24, 2.45) is 0 Å². The summed E-state index contributed by atoms with van der Waals surface area (Å²) in [4.78, 5) is 10.5. The summed E-state index contributed by atoms with van der Waals surface area (Å²) in [5, 5.41) is 3.90. The highest BCUT2D eigenvalue weighted by atomic mass is 35.5. The minimum Gasteiger partial charge on any atom is -0.364 e. The molecule has 15 heavy (non-hydrogen) atoms. The summed E-state index contributed by atoms with van der Waals surface area (Å²) in [5.41, 5.74) is 0.925. The largest absolute Gasteiger partial charge is 0.364 e. The Morgan fingerprint density at radius 2 is 2.27 bits per heavy atom. The molecular weight excluding hydrogens is 212 g/mol. The zero-order valence-electron chi connectivity index (χ0n) is 9.00. The van der Waals surface area contributed by atoms with Crippen LogP contribution < -0.4 is 5.32 Å². The van der Waals surface area contributed by atoms with Crippen LogP contribution in [0.2, 0.25) is 5.15 Å². The van der Waals surface area contributed by atoms with E-state index in [-0.39, 0.29) is 0 Å². The molecule has 4 nitrogen and oxygen atoms in total. The average Bonchev–Trinajstić information content (AvgIpc) is 2.17. The molecule has 0 bridgehead atoms. The number of hydrogen-bond acceptors (Lipinski definition) is 4. The average molecular weight is 227 g/mol. The van der Waals surface area contributed by atoms with Crippen molar-refractivity contribution in [3.05, 3.63) is 17.0 Å². The van der Waals surface area contributed by atoms with Crippen molar-refractivity contribution in [2.75, 3.05) is 25.0 Å². The normalized spacial score (nSPS) is 17.5. The summed E-state index contributed by atoms with van der Waals surface area (Å²) in [7, 11) is 0. The monoisotopic (exact) mass is 226 g/mol. The van der Waals surface area contributed by atoms with Crippen molar-refractivity contribution >= 4 is 17.4 Å². The second-order valence-electron chi connectivity index (χ2n) is 3.83. The van der Waals surface area contributed by atoms with Crippen LogP contribution in [0.25, 0.3) is 0 Å². The topological polar surface area (TPSA) is 41.0 Å². The van der Waals surface area contributed by atoms with E-state index in [1.165, 1.54) is 6.33 Å². The molecule has 0 aromatic carbocycles. The Kier molecular flexibility index (Phi) is 3.07. The van der Waals surface area contributed by atoms with E-state index < -0.39 is 0 Å². The highest BCUT2D eigenvalue weighted by Crippen LogP contribution is 2.20. The molecule has 1 aromatic heterocycles. The Balaban J connectivity index is 1.97. The van der Waals surface area contributed by atoms with E-state index in [1.807, 2.05) is 6.92 Å². The number of likely N-dealkylation sites (N-methyl/N-ethyl adjacent to an activating group) is 1. The van der Waals surface area contributed by atoms with Crippen LogP contribution in [-0.4, -0.2) is 40.5 Å². The van der Waals surface area contributed by atoms with Crippen LogP contribution in [0.3, 0.4) is 0 Å². The summed E-state index contributed by atoms with van der Waals surface area (Å²) in [6, 6.07) is 0.495. The third-order valence-electron chi connectivity index (χ3n) is 2.77. The highest BCUT2D eigenvalue weighted by molar-refractivity contribution is 6.30. The maximum Gasteiger partial charge on any atom is 0.137 e. The summed E-state index contributed by atoms with van der Waals surface area (Å²) in [6.45, 7) is 7.38. The summed E-state index contributed by atoms with van der Waals surface area (Å²) in [5.74, 6) is 0.857. The molecule has 0 aliphatic carbocycles. The fraction of sp³-hybridized carbons (Fsp3) is 0.600. The van der Waals surface area contributed by atoms with Crippen molar-refractivity contribution in [2.45, 2.75) is 19.9 Å². The predicted octanol–water partition coefficient (Wildman–Crippen LogP) is 1.55. The third-order valence-corrected chi connectivity index (χ3v) is 3.15. The zero-order valence-corrected chi connectivity index (χ0v) is 9.75. The quantitative estimate of drug-likeness (QED) is 0.795. The molecular formula is C10H15ClN4. The van der Waals surface area contributed by atoms with E-state index in [4.69, 9.17) is 11.6 Å². The van der Waals surface area contributed by atoms with Gasteiger partial charge < -0.3 is 5.32 Å². The first-order valence-electron chi connectivity index (χ1n) is 5.16.